The van der Waals surface area contributed by atoms with Crippen molar-refractivity contribution in [3.8, 4) is 0 Å². The van der Waals surface area contributed by atoms with E-state index in [0.717, 1.165) is 25.2 Å². The topological polar surface area (TPSA) is 46.1 Å². The van der Waals surface area contributed by atoms with E-state index >= 15 is 0 Å². The molecule has 0 atom stereocenters. The van der Waals surface area contributed by atoms with E-state index in [0.29, 0.717) is 10.7 Å². The molecule has 0 aromatic carbocycles. The number of thioether (sulfide) groups is 1. The zero-order valence-corrected chi connectivity index (χ0v) is 10.0. The molecule has 0 bridgehead atoms. The highest BCUT2D eigenvalue weighted by Gasteiger charge is 2.11. The highest BCUT2D eigenvalue weighted by Crippen LogP contribution is 2.18. The van der Waals surface area contributed by atoms with Crippen molar-refractivity contribution < 1.29 is 4.79 Å². The van der Waals surface area contributed by atoms with Crippen LogP contribution in [0.15, 0.2) is 11.4 Å². The fourth-order valence-corrected chi connectivity index (χ4v) is 1.66. The van der Waals surface area contributed by atoms with Gasteiger partial charge >= 0.3 is 0 Å². The van der Waals surface area contributed by atoms with Crippen molar-refractivity contribution in [3.63, 3.8) is 0 Å². The molecule has 0 aliphatic rings. The van der Waals surface area contributed by atoms with E-state index in [1.54, 1.807) is 6.20 Å². The van der Waals surface area contributed by atoms with Crippen molar-refractivity contribution in [2.75, 3.05) is 24.2 Å². The first-order valence-corrected chi connectivity index (χ1v) is 6.10. The smallest absolute Gasteiger partial charge is 0.189 e. The summed E-state index contributed by atoms with van der Waals surface area (Å²) >= 11 is 1.48. The summed E-state index contributed by atoms with van der Waals surface area (Å²) in [5.41, 5.74) is 0.552. The molecule has 0 fully saturated rings. The molecule has 4 nitrogen and oxygen atoms in total. The normalized spacial score (nSPS) is 10.1. The molecule has 0 N–H and O–H groups in total. The number of nitrogens with zero attached hydrogens (tertiary/aromatic N) is 3. The minimum atomic E-state index is 0.552. The lowest BCUT2D eigenvalue weighted by molar-refractivity contribution is 0.112. The maximum Gasteiger partial charge on any atom is 0.189 e. The van der Waals surface area contributed by atoms with E-state index in [2.05, 4.69) is 9.97 Å². The third-order valence-corrected chi connectivity index (χ3v) is 2.71. The van der Waals surface area contributed by atoms with Crippen LogP contribution in [0.25, 0.3) is 0 Å². The molecule has 0 aliphatic heterocycles. The molecule has 0 unspecified atom stereocenters. The van der Waals surface area contributed by atoms with Gasteiger partial charge in [-0.15, -0.1) is 0 Å². The first-order chi connectivity index (χ1) is 7.26. The lowest BCUT2D eigenvalue weighted by atomic mass is 10.3. The van der Waals surface area contributed by atoms with Crippen molar-refractivity contribution in [2.45, 2.75) is 19.0 Å². The number of anilines is 1. The fraction of sp³-hybridized carbons (Fsp3) is 0.500. The number of hydrogen-bond acceptors (Lipinski definition) is 5. The van der Waals surface area contributed by atoms with E-state index in [1.807, 2.05) is 25.0 Å². The second-order valence-corrected chi connectivity index (χ2v) is 3.70. The van der Waals surface area contributed by atoms with Crippen LogP contribution in [0.2, 0.25) is 0 Å². The van der Waals surface area contributed by atoms with Crippen molar-refractivity contribution in [1.82, 2.24) is 9.97 Å². The SMILES string of the molecule is CCN(CC)c1nc(SC)ncc1C=O. The molecule has 1 aromatic heterocycles. The number of aldehydes is 1. The molecule has 1 heterocycles. The Kier molecular flexibility index (Phi) is 4.55. The predicted octanol–water partition coefficient (Wildman–Crippen LogP) is 1.86. The van der Waals surface area contributed by atoms with E-state index in [9.17, 15) is 4.79 Å². The Morgan fingerprint density at radius 1 is 1.47 bits per heavy atom. The number of carbonyl (C=O) groups excluding carboxylic acids is 1. The Morgan fingerprint density at radius 3 is 2.60 bits per heavy atom. The van der Waals surface area contributed by atoms with E-state index in [1.165, 1.54) is 11.8 Å². The summed E-state index contributed by atoms with van der Waals surface area (Å²) in [4.78, 5) is 21.3. The van der Waals surface area contributed by atoms with Gasteiger partial charge in [0.15, 0.2) is 11.4 Å². The summed E-state index contributed by atoms with van der Waals surface area (Å²) in [5, 5.41) is 0.697. The van der Waals surface area contributed by atoms with Gasteiger partial charge in [-0.1, -0.05) is 11.8 Å². The number of carbonyl (C=O) groups is 1. The first kappa shape index (κ1) is 12.0. The molecule has 15 heavy (non-hydrogen) atoms. The van der Waals surface area contributed by atoms with Gasteiger partial charge in [-0.05, 0) is 20.1 Å². The molecule has 82 valence electrons. The van der Waals surface area contributed by atoms with Gasteiger partial charge in [0.1, 0.15) is 5.82 Å². The van der Waals surface area contributed by atoms with Crippen LogP contribution in [0.1, 0.15) is 24.2 Å². The maximum absolute atomic E-state index is 10.8. The van der Waals surface area contributed by atoms with Gasteiger partial charge in [-0.25, -0.2) is 9.97 Å². The molecule has 1 aromatic rings. The molecule has 0 saturated heterocycles. The summed E-state index contributed by atoms with van der Waals surface area (Å²) in [7, 11) is 0. The van der Waals surface area contributed by atoms with Crippen LogP contribution < -0.4 is 4.90 Å². The Hall–Kier alpha value is -1.10. The van der Waals surface area contributed by atoms with Crippen molar-refractivity contribution in [1.29, 1.82) is 0 Å². The van der Waals surface area contributed by atoms with Gasteiger partial charge in [0, 0.05) is 19.3 Å². The lowest BCUT2D eigenvalue weighted by Crippen LogP contribution is -2.24. The molecule has 0 amide bonds. The van der Waals surface area contributed by atoms with Gasteiger partial charge in [0.05, 0.1) is 5.56 Å². The van der Waals surface area contributed by atoms with Gasteiger partial charge in [-0.2, -0.15) is 0 Å². The summed E-state index contributed by atoms with van der Waals surface area (Å²) in [6.07, 6.45) is 4.30. The third-order valence-electron chi connectivity index (χ3n) is 2.15. The van der Waals surface area contributed by atoms with Gasteiger partial charge in [-0.3, -0.25) is 4.79 Å². The highest BCUT2D eigenvalue weighted by molar-refractivity contribution is 7.98. The zero-order valence-electron chi connectivity index (χ0n) is 9.23. The molecule has 1 rings (SSSR count). The van der Waals surface area contributed by atoms with Crippen molar-refractivity contribution >= 4 is 23.9 Å². The van der Waals surface area contributed by atoms with Gasteiger partial charge < -0.3 is 4.90 Å². The minimum Gasteiger partial charge on any atom is -0.356 e. The summed E-state index contributed by atoms with van der Waals surface area (Å²) in [5.74, 6) is 0.731. The molecule has 0 aliphatic carbocycles. The van der Waals surface area contributed by atoms with Gasteiger partial charge in [0.25, 0.3) is 0 Å². The highest BCUT2D eigenvalue weighted by atomic mass is 32.2. The lowest BCUT2D eigenvalue weighted by Gasteiger charge is -2.21. The van der Waals surface area contributed by atoms with Crippen molar-refractivity contribution in [2.24, 2.45) is 0 Å². The molecular weight excluding hydrogens is 210 g/mol. The van der Waals surface area contributed by atoms with Gasteiger partial charge in [0.2, 0.25) is 0 Å². The molecule has 0 radical (unpaired) electrons. The molecule has 5 heteroatoms. The maximum atomic E-state index is 10.8. The second kappa shape index (κ2) is 5.70. The fourth-order valence-electron chi connectivity index (χ4n) is 1.32. The Balaban J connectivity index is 3.15. The van der Waals surface area contributed by atoms with Crippen molar-refractivity contribution in [3.05, 3.63) is 11.8 Å². The van der Waals surface area contributed by atoms with Crippen LogP contribution in [-0.2, 0) is 0 Å². The largest absolute Gasteiger partial charge is 0.356 e. The Bertz CT molecular complexity index is 339. The average molecular weight is 225 g/mol. The number of aromatic nitrogens is 2. The summed E-state index contributed by atoms with van der Waals surface area (Å²) in [6.45, 7) is 5.75. The Morgan fingerprint density at radius 2 is 2.13 bits per heavy atom. The first-order valence-electron chi connectivity index (χ1n) is 4.87. The van der Waals surface area contributed by atoms with Crippen LogP contribution >= 0.6 is 11.8 Å². The molecule has 0 saturated carbocycles. The van der Waals surface area contributed by atoms with Crippen LogP contribution in [0, 0.1) is 0 Å². The second-order valence-electron chi connectivity index (χ2n) is 2.93. The van der Waals surface area contributed by atoms with Crippen LogP contribution in [-0.4, -0.2) is 35.6 Å². The zero-order chi connectivity index (χ0) is 11.3. The van der Waals surface area contributed by atoms with E-state index in [-0.39, 0.29) is 0 Å². The number of rotatable bonds is 5. The standard InChI is InChI=1S/C10H15N3OS/c1-4-13(5-2)9-8(7-14)6-11-10(12-9)15-3/h6-7H,4-5H2,1-3H3. The number of hydrogen-bond donors (Lipinski definition) is 0. The Labute approximate surface area is 94.1 Å². The predicted molar refractivity (Wildman–Crippen MR) is 62.8 cm³/mol. The van der Waals surface area contributed by atoms with Crippen LogP contribution in [0.4, 0.5) is 5.82 Å². The third kappa shape index (κ3) is 2.68. The van der Waals surface area contributed by atoms with Crippen LogP contribution in [0.3, 0.4) is 0 Å². The minimum absolute atomic E-state index is 0.552. The molecule has 0 spiro atoms. The van der Waals surface area contributed by atoms with E-state index < -0.39 is 0 Å². The molecular formula is C10H15N3OS. The van der Waals surface area contributed by atoms with E-state index in [4.69, 9.17) is 0 Å². The summed E-state index contributed by atoms with van der Waals surface area (Å²) in [6, 6.07) is 0. The summed E-state index contributed by atoms with van der Waals surface area (Å²) < 4.78 is 0. The quantitative estimate of drug-likeness (QED) is 0.435. The van der Waals surface area contributed by atoms with Crippen LogP contribution in [0.5, 0.6) is 0 Å². The monoisotopic (exact) mass is 225 g/mol. The average Bonchev–Trinajstić information content (AvgIpc) is 2.30.